The average molecular weight is 346 g/mol. The lowest BCUT2D eigenvalue weighted by molar-refractivity contribution is 0.689. The average Bonchev–Trinajstić information content (AvgIpc) is 3.01. The molecule has 0 amide bonds. The standard InChI is InChI=1S/C15H17N5.C2H6.CH4S/c1-10-14(8-17-12(3)18-10)15-9-20(19-11(15)2)13-5-4-6-16-7-13;2*1-2/h4-9,11,19H,1-3H3;1-2H3;2H,1H3. The number of nitrogens with zero attached hydrogens (tertiary/aromatic N) is 4. The molecule has 1 aliphatic rings. The predicted molar refractivity (Wildman–Crippen MR) is 105 cm³/mol. The minimum Gasteiger partial charge on any atom is -0.282 e. The zero-order valence-electron chi connectivity index (χ0n) is 15.3. The third-order valence-corrected chi connectivity index (χ3v) is 3.40. The minimum absolute atomic E-state index is 0.209. The molecule has 6 heteroatoms. The first-order valence-corrected chi connectivity index (χ1v) is 8.97. The molecule has 0 radical (unpaired) electrons. The van der Waals surface area contributed by atoms with Gasteiger partial charge in [0.05, 0.1) is 17.9 Å². The Balaban J connectivity index is 0.000000671. The normalized spacial score (nSPS) is 15.7. The number of rotatable bonds is 2. The fourth-order valence-corrected chi connectivity index (χ4v) is 2.38. The Morgan fingerprint density at radius 3 is 2.46 bits per heavy atom. The minimum atomic E-state index is 0.209. The molecule has 3 heterocycles. The fourth-order valence-electron chi connectivity index (χ4n) is 2.38. The van der Waals surface area contributed by atoms with Gasteiger partial charge in [-0.25, -0.2) is 15.4 Å². The van der Waals surface area contributed by atoms with Gasteiger partial charge in [0, 0.05) is 29.9 Å². The van der Waals surface area contributed by atoms with Crippen molar-refractivity contribution in [1.29, 1.82) is 0 Å². The van der Waals surface area contributed by atoms with Crippen LogP contribution in [0.2, 0.25) is 0 Å². The monoisotopic (exact) mass is 345 g/mol. The van der Waals surface area contributed by atoms with E-state index in [1.54, 1.807) is 12.5 Å². The molecule has 0 saturated heterocycles. The second-order valence-electron chi connectivity index (χ2n) is 4.93. The molecule has 1 unspecified atom stereocenters. The molecule has 130 valence electrons. The zero-order valence-corrected chi connectivity index (χ0v) is 16.2. The van der Waals surface area contributed by atoms with Crippen LogP contribution in [0, 0.1) is 13.8 Å². The van der Waals surface area contributed by atoms with Crippen molar-refractivity contribution in [3.8, 4) is 0 Å². The highest BCUT2D eigenvalue weighted by Gasteiger charge is 2.23. The van der Waals surface area contributed by atoms with Crippen LogP contribution in [0.1, 0.15) is 37.9 Å². The summed E-state index contributed by atoms with van der Waals surface area (Å²) in [7, 11) is 0. The van der Waals surface area contributed by atoms with Crippen LogP contribution in [0.5, 0.6) is 0 Å². The molecule has 2 aromatic rings. The van der Waals surface area contributed by atoms with Crippen molar-refractivity contribution in [3.63, 3.8) is 0 Å². The van der Waals surface area contributed by atoms with Gasteiger partial charge in [-0.2, -0.15) is 12.6 Å². The molecule has 24 heavy (non-hydrogen) atoms. The zero-order chi connectivity index (χ0) is 18.1. The number of pyridine rings is 1. The number of hydrogen-bond acceptors (Lipinski definition) is 6. The molecule has 2 aromatic heterocycles. The number of aromatic nitrogens is 3. The van der Waals surface area contributed by atoms with Crippen LogP contribution >= 0.6 is 12.6 Å². The summed E-state index contributed by atoms with van der Waals surface area (Å²) in [5.74, 6) is 0.801. The van der Waals surface area contributed by atoms with Crippen LogP contribution < -0.4 is 10.4 Å². The second-order valence-corrected chi connectivity index (χ2v) is 4.93. The van der Waals surface area contributed by atoms with E-state index in [4.69, 9.17) is 0 Å². The van der Waals surface area contributed by atoms with Crippen LogP contribution in [-0.4, -0.2) is 27.2 Å². The Hall–Kier alpha value is -1.92. The Kier molecular flexibility index (Phi) is 8.43. The van der Waals surface area contributed by atoms with Gasteiger partial charge >= 0.3 is 0 Å². The molecule has 0 saturated carbocycles. The topological polar surface area (TPSA) is 53.9 Å². The highest BCUT2D eigenvalue weighted by molar-refractivity contribution is 7.79. The van der Waals surface area contributed by atoms with E-state index in [2.05, 4.69) is 46.1 Å². The highest BCUT2D eigenvalue weighted by Crippen LogP contribution is 2.27. The smallest absolute Gasteiger partial charge is 0.125 e. The third kappa shape index (κ3) is 4.79. The van der Waals surface area contributed by atoms with E-state index in [0.29, 0.717) is 0 Å². The summed E-state index contributed by atoms with van der Waals surface area (Å²) in [6, 6.07) is 4.15. The van der Waals surface area contributed by atoms with Gasteiger partial charge in [-0.15, -0.1) is 0 Å². The molecule has 0 aliphatic carbocycles. The summed E-state index contributed by atoms with van der Waals surface area (Å²) in [6.45, 7) is 10.1. The van der Waals surface area contributed by atoms with Crippen molar-refractivity contribution < 1.29 is 0 Å². The maximum atomic E-state index is 4.44. The maximum Gasteiger partial charge on any atom is 0.125 e. The van der Waals surface area contributed by atoms with Gasteiger partial charge in [0.2, 0.25) is 0 Å². The molecular formula is C18H27N5S. The summed E-state index contributed by atoms with van der Waals surface area (Å²) in [5.41, 5.74) is 7.70. The van der Waals surface area contributed by atoms with Gasteiger partial charge in [-0.05, 0) is 44.7 Å². The maximum absolute atomic E-state index is 4.44. The van der Waals surface area contributed by atoms with Gasteiger partial charge in [0.1, 0.15) is 5.82 Å². The summed E-state index contributed by atoms with van der Waals surface area (Å²) in [4.78, 5) is 12.9. The second kappa shape index (κ2) is 10.1. The number of anilines is 1. The predicted octanol–water partition coefficient (Wildman–Crippen LogP) is 3.81. The molecule has 0 aromatic carbocycles. The first kappa shape index (κ1) is 20.1. The van der Waals surface area contributed by atoms with Crippen molar-refractivity contribution in [2.75, 3.05) is 11.3 Å². The van der Waals surface area contributed by atoms with E-state index in [1.165, 1.54) is 5.57 Å². The Labute approximate surface area is 150 Å². The number of hydrogen-bond donors (Lipinski definition) is 2. The molecule has 5 nitrogen and oxygen atoms in total. The molecular weight excluding hydrogens is 318 g/mol. The van der Waals surface area contributed by atoms with Crippen LogP contribution in [-0.2, 0) is 0 Å². The van der Waals surface area contributed by atoms with Crippen LogP contribution in [0.4, 0.5) is 5.69 Å². The quantitative estimate of drug-likeness (QED) is 0.811. The van der Waals surface area contributed by atoms with Gasteiger partial charge < -0.3 is 0 Å². The van der Waals surface area contributed by atoms with E-state index in [1.807, 2.05) is 57.2 Å². The third-order valence-electron chi connectivity index (χ3n) is 3.40. The number of nitrogens with one attached hydrogen (secondary N) is 1. The SMILES string of the molecule is CC.CS.Cc1ncc(C2=CN(c3cccnc3)NC2C)c(C)n1. The number of hydrazine groups is 1. The van der Waals surface area contributed by atoms with Crippen molar-refractivity contribution in [3.05, 3.63) is 54.0 Å². The van der Waals surface area contributed by atoms with Gasteiger partial charge in [-0.3, -0.25) is 9.99 Å². The lowest BCUT2D eigenvalue weighted by Crippen LogP contribution is -2.34. The fraction of sp³-hybridized carbons (Fsp3) is 0.389. The molecule has 0 fully saturated rings. The van der Waals surface area contributed by atoms with E-state index < -0.39 is 0 Å². The number of aryl methyl sites for hydroxylation is 2. The van der Waals surface area contributed by atoms with Crippen molar-refractivity contribution in [2.24, 2.45) is 0 Å². The summed E-state index contributed by atoms with van der Waals surface area (Å²) >= 11 is 3.53. The van der Waals surface area contributed by atoms with Crippen LogP contribution in [0.25, 0.3) is 5.57 Å². The van der Waals surface area contributed by atoms with E-state index in [-0.39, 0.29) is 6.04 Å². The largest absolute Gasteiger partial charge is 0.282 e. The van der Waals surface area contributed by atoms with Crippen LogP contribution in [0.15, 0.2) is 36.9 Å². The lowest BCUT2D eigenvalue weighted by Gasteiger charge is -2.17. The van der Waals surface area contributed by atoms with E-state index >= 15 is 0 Å². The summed E-state index contributed by atoms with van der Waals surface area (Å²) in [6.07, 6.45) is 9.28. The lowest BCUT2D eigenvalue weighted by atomic mass is 10.0. The number of thiol groups is 1. The summed E-state index contributed by atoms with van der Waals surface area (Å²) in [5, 5.41) is 1.99. The van der Waals surface area contributed by atoms with Gasteiger partial charge in [0.15, 0.2) is 0 Å². The van der Waals surface area contributed by atoms with Crippen molar-refractivity contribution in [2.45, 2.75) is 40.7 Å². The van der Waals surface area contributed by atoms with Crippen molar-refractivity contribution >= 4 is 23.9 Å². The first-order valence-electron chi connectivity index (χ1n) is 8.07. The van der Waals surface area contributed by atoms with Gasteiger partial charge in [-0.1, -0.05) is 13.8 Å². The molecule has 0 spiro atoms. The molecule has 1 aliphatic heterocycles. The Bertz CT molecular complexity index is 658. The highest BCUT2D eigenvalue weighted by atomic mass is 32.1. The summed E-state index contributed by atoms with van der Waals surface area (Å²) < 4.78 is 0. The first-order chi connectivity index (χ1) is 11.6. The van der Waals surface area contributed by atoms with E-state index in [9.17, 15) is 0 Å². The van der Waals surface area contributed by atoms with Gasteiger partial charge in [0.25, 0.3) is 0 Å². The Morgan fingerprint density at radius 1 is 1.17 bits per heavy atom. The molecule has 3 rings (SSSR count). The van der Waals surface area contributed by atoms with Crippen LogP contribution in [0.3, 0.4) is 0 Å². The van der Waals surface area contributed by atoms with E-state index in [0.717, 1.165) is 22.8 Å². The molecule has 1 atom stereocenters. The molecule has 0 bridgehead atoms. The molecule has 1 N–H and O–H groups in total. The van der Waals surface area contributed by atoms with Crippen molar-refractivity contribution in [1.82, 2.24) is 20.4 Å². The Morgan fingerprint density at radius 2 is 1.88 bits per heavy atom.